The van der Waals surface area contributed by atoms with E-state index in [9.17, 15) is 8.42 Å². The van der Waals surface area contributed by atoms with Gasteiger partial charge in [0, 0.05) is 45.3 Å². The summed E-state index contributed by atoms with van der Waals surface area (Å²) < 4.78 is 31.5. The van der Waals surface area contributed by atoms with E-state index < -0.39 is 10.0 Å². The summed E-state index contributed by atoms with van der Waals surface area (Å²) in [6, 6.07) is 3.91. The molecule has 3 aromatic rings. The molecule has 0 aliphatic carbocycles. The van der Waals surface area contributed by atoms with Gasteiger partial charge in [-0.15, -0.1) is 15.3 Å². The first-order valence-electron chi connectivity index (χ1n) is 10.4. The molecule has 10 nitrogen and oxygen atoms in total. The number of hydrogen-bond donors (Lipinski definition) is 0. The highest BCUT2D eigenvalue weighted by molar-refractivity contribution is 7.89. The fourth-order valence-corrected chi connectivity index (χ4v) is 6.15. The molecule has 30 heavy (non-hydrogen) atoms. The van der Waals surface area contributed by atoms with Crippen LogP contribution in [0, 0.1) is 18.8 Å². The first-order chi connectivity index (χ1) is 14.4. The van der Waals surface area contributed by atoms with Gasteiger partial charge in [0.05, 0.1) is 0 Å². The van der Waals surface area contributed by atoms with Crippen molar-refractivity contribution in [2.45, 2.75) is 38.8 Å². The Bertz CT molecular complexity index is 1190. The summed E-state index contributed by atoms with van der Waals surface area (Å²) in [6.45, 7) is 9.19. The van der Waals surface area contributed by atoms with Crippen LogP contribution in [0.4, 0.5) is 5.82 Å². The lowest BCUT2D eigenvalue weighted by Gasteiger charge is -2.21. The van der Waals surface area contributed by atoms with Crippen LogP contribution in [0.3, 0.4) is 0 Å². The fraction of sp³-hybridized carbons (Fsp3) is 0.579. The smallest absolute Gasteiger partial charge is 0.262 e. The number of sulfonamides is 1. The van der Waals surface area contributed by atoms with Crippen molar-refractivity contribution in [2.75, 3.05) is 31.1 Å². The van der Waals surface area contributed by atoms with Crippen molar-refractivity contribution in [2.24, 2.45) is 11.8 Å². The molecule has 2 atom stereocenters. The minimum absolute atomic E-state index is 0.158. The lowest BCUT2D eigenvalue weighted by molar-refractivity contribution is 0.450. The van der Waals surface area contributed by atoms with Gasteiger partial charge in [-0.3, -0.25) is 0 Å². The van der Waals surface area contributed by atoms with E-state index in [0.717, 1.165) is 42.6 Å². The van der Waals surface area contributed by atoms with Crippen LogP contribution in [0.2, 0.25) is 0 Å². The second kappa shape index (κ2) is 7.02. The maximum atomic E-state index is 13.1. The third-order valence-electron chi connectivity index (χ3n) is 6.31. The molecule has 5 heterocycles. The second-order valence-corrected chi connectivity index (χ2v) is 9.98. The van der Waals surface area contributed by atoms with E-state index in [4.69, 9.17) is 5.10 Å². The first kappa shape index (κ1) is 19.4. The van der Waals surface area contributed by atoms with E-state index >= 15 is 0 Å². The molecule has 2 unspecified atom stereocenters. The van der Waals surface area contributed by atoms with Gasteiger partial charge in [0.2, 0.25) is 0 Å². The number of aromatic nitrogens is 6. The summed E-state index contributed by atoms with van der Waals surface area (Å²) in [6.07, 6.45) is 2.41. The second-order valence-electron chi connectivity index (χ2n) is 8.09. The van der Waals surface area contributed by atoms with Crippen LogP contribution in [0.1, 0.15) is 25.5 Å². The Kier molecular flexibility index (Phi) is 4.55. The Morgan fingerprint density at radius 3 is 2.43 bits per heavy atom. The highest BCUT2D eigenvalue weighted by atomic mass is 32.2. The molecule has 0 spiro atoms. The van der Waals surface area contributed by atoms with Crippen LogP contribution in [0.25, 0.3) is 5.65 Å². The van der Waals surface area contributed by atoms with Gasteiger partial charge in [0.1, 0.15) is 11.6 Å². The summed E-state index contributed by atoms with van der Waals surface area (Å²) >= 11 is 0. The number of fused-ring (bicyclic) bond motifs is 2. The standard InChI is InChI=1S/C19H26N8O2S/c1-4-16-21-22-17-6-7-18(23-27(16)17)25-8-14-10-26(11-15(14)9-25)30(28,29)19-12-24(5-2)13(3)20-19/h6-7,12,14-15H,4-5,8-11H2,1-3H3. The molecule has 0 amide bonds. The third-order valence-corrected chi connectivity index (χ3v) is 8.01. The fourth-order valence-electron chi connectivity index (χ4n) is 4.60. The van der Waals surface area contributed by atoms with E-state index in [2.05, 4.69) is 20.1 Å². The van der Waals surface area contributed by atoms with Gasteiger partial charge in [-0.25, -0.2) is 13.4 Å². The molecule has 3 aromatic heterocycles. The maximum absolute atomic E-state index is 13.1. The predicted molar refractivity (Wildman–Crippen MR) is 111 cm³/mol. The number of nitrogens with zero attached hydrogens (tertiary/aromatic N) is 8. The van der Waals surface area contributed by atoms with Gasteiger partial charge >= 0.3 is 0 Å². The number of anilines is 1. The average Bonchev–Trinajstić information content (AvgIpc) is 3.48. The predicted octanol–water partition coefficient (Wildman–Crippen LogP) is 0.968. The molecule has 0 radical (unpaired) electrons. The van der Waals surface area contributed by atoms with Crippen LogP contribution in [0.5, 0.6) is 0 Å². The molecule has 160 valence electrons. The van der Waals surface area contributed by atoms with Gasteiger partial charge in [-0.1, -0.05) is 6.92 Å². The highest BCUT2D eigenvalue weighted by Gasteiger charge is 2.45. The molecule has 11 heteroatoms. The molecule has 0 saturated carbocycles. The Hall–Kier alpha value is -2.53. The van der Waals surface area contributed by atoms with Crippen LogP contribution in [-0.4, -0.2) is 68.3 Å². The molecule has 2 aliphatic heterocycles. The van der Waals surface area contributed by atoms with Gasteiger partial charge in [-0.2, -0.15) is 8.82 Å². The Labute approximate surface area is 175 Å². The lowest BCUT2D eigenvalue weighted by atomic mass is 10.0. The van der Waals surface area contributed by atoms with Crippen molar-refractivity contribution >= 4 is 21.5 Å². The number of rotatable bonds is 5. The summed E-state index contributed by atoms with van der Waals surface area (Å²) in [7, 11) is -3.56. The van der Waals surface area contributed by atoms with E-state index in [0.29, 0.717) is 19.6 Å². The Morgan fingerprint density at radius 2 is 1.80 bits per heavy atom. The topological polar surface area (TPSA) is 102 Å². The normalized spacial score (nSPS) is 22.3. The number of imidazole rings is 1. The zero-order valence-corrected chi connectivity index (χ0v) is 18.2. The lowest BCUT2D eigenvalue weighted by Crippen LogP contribution is -2.33. The van der Waals surface area contributed by atoms with E-state index in [1.165, 1.54) is 0 Å². The Morgan fingerprint density at radius 1 is 1.07 bits per heavy atom. The van der Waals surface area contributed by atoms with Gasteiger partial charge in [0.25, 0.3) is 10.0 Å². The molecular formula is C19H26N8O2S. The van der Waals surface area contributed by atoms with Crippen molar-refractivity contribution in [1.82, 2.24) is 33.7 Å². The van der Waals surface area contributed by atoms with Gasteiger partial charge in [0.15, 0.2) is 16.5 Å². The maximum Gasteiger partial charge on any atom is 0.262 e. The Balaban J connectivity index is 1.32. The van der Waals surface area contributed by atoms with Gasteiger partial charge in [-0.05, 0) is 37.8 Å². The minimum atomic E-state index is -3.56. The van der Waals surface area contributed by atoms with E-state index in [1.807, 2.05) is 37.5 Å². The van der Waals surface area contributed by atoms with Crippen LogP contribution >= 0.6 is 0 Å². The van der Waals surface area contributed by atoms with Crippen LogP contribution in [0.15, 0.2) is 23.4 Å². The molecule has 0 bridgehead atoms. The summed E-state index contributed by atoms with van der Waals surface area (Å²) in [5.74, 6) is 3.03. The summed E-state index contributed by atoms with van der Waals surface area (Å²) in [4.78, 5) is 6.54. The first-order valence-corrected chi connectivity index (χ1v) is 11.8. The van der Waals surface area contributed by atoms with E-state index in [1.54, 1.807) is 15.0 Å². The average molecular weight is 431 g/mol. The third kappa shape index (κ3) is 2.99. The highest BCUT2D eigenvalue weighted by Crippen LogP contribution is 2.35. The van der Waals surface area contributed by atoms with Crippen molar-refractivity contribution in [1.29, 1.82) is 0 Å². The van der Waals surface area contributed by atoms with E-state index in [-0.39, 0.29) is 16.9 Å². The molecular weight excluding hydrogens is 404 g/mol. The van der Waals surface area contributed by atoms with Crippen molar-refractivity contribution < 1.29 is 8.42 Å². The quantitative estimate of drug-likeness (QED) is 0.594. The molecule has 2 fully saturated rings. The van der Waals surface area contributed by atoms with Crippen LogP contribution in [-0.2, 0) is 23.0 Å². The SMILES string of the molecule is CCc1nnc2ccc(N3CC4CN(S(=O)(=O)c5cn(CC)c(C)n5)CC4C3)nn12. The zero-order valence-electron chi connectivity index (χ0n) is 17.4. The zero-order chi connectivity index (χ0) is 21.0. The van der Waals surface area contributed by atoms with Crippen molar-refractivity contribution in [3.8, 4) is 0 Å². The summed E-state index contributed by atoms with van der Waals surface area (Å²) in [5.41, 5.74) is 0.745. The molecule has 0 N–H and O–H groups in total. The molecule has 5 rings (SSSR count). The molecule has 0 aromatic carbocycles. The number of aryl methyl sites for hydroxylation is 3. The monoisotopic (exact) mass is 430 g/mol. The molecule has 2 aliphatic rings. The van der Waals surface area contributed by atoms with Crippen LogP contribution < -0.4 is 4.90 Å². The summed E-state index contributed by atoms with van der Waals surface area (Å²) in [5, 5.41) is 13.2. The molecule has 2 saturated heterocycles. The minimum Gasteiger partial charge on any atom is -0.355 e. The largest absolute Gasteiger partial charge is 0.355 e. The number of hydrogen-bond acceptors (Lipinski definition) is 7. The van der Waals surface area contributed by atoms with Gasteiger partial charge < -0.3 is 9.47 Å². The van der Waals surface area contributed by atoms with Crippen molar-refractivity contribution in [3.63, 3.8) is 0 Å². The van der Waals surface area contributed by atoms with Crippen molar-refractivity contribution in [3.05, 3.63) is 30.0 Å².